The van der Waals surface area contributed by atoms with Gasteiger partial charge in [-0.05, 0) is 31.2 Å². The molecule has 3 rings (SSSR count). The van der Waals surface area contributed by atoms with Crippen molar-refractivity contribution in [2.24, 2.45) is 0 Å². The maximum Gasteiger partial charge on any atom is 0.266 e. The van der Waals surface area contributed by atoms with Gasteiger partial charge in [0.15, 0.2) is 6.10 Å². The van der Waals surface area contributed by atoms with E-state index in [9.17, 15) is 4.79 Å². The van der Waals surface area contributed by atoms with Crippen molar-refractivity contribution in [2.45, 2.75) is 13.0 Å². The van der Waals surface area contributed by atoms with Gasteiger partial charge in [-0.2, -0.15) is 0 Å². The number of hydrogen-bond acceptors (Lipinski definition) is 6. The van der Waals surface area contributed by atoms with E-state index in [1.807, 2.05) is 24.3 Å². The van der Waals surface area contributed by atoms with E-state index in [-0.39, 0.29) is 5.91 Å². The Hall–Kier alpha value is -3.48. The van der Waals surface area contributed by atoms with Gasteiger partial charge in [-0.15, -0.1) is 0 Å². The van der Waals surface area contributed by atoms with E-state index in [0.717, 1.165) is 5.56 Å². The summed E-state index contributed by atoms with van der Waals surface area (Å²) in [4.78, 5) is 24.7. The van der Waals surface area contributed by atoms with Gasteiger partial charge in [0.1, 0.15) is 23.6 Å². The molecule has 0 aliphatic heterocycles. The summed E-state index contributed by atoms with van der Waals surface area (Å²) in [7, 11) is 1.60. The predicted octanol–water partition coefficient (Wildman–Crippen LogP) is 2.95. The number of carbonyl (C=O) groups excluding carboxylic acids is 1. The van der Waals surface area contributed by atoms with Crippen LogP contribution < -0.4 is 14.8 Å². The van der Waals surface area contributed by atoms with Crippen molar-refractivity contribution in [2.75, 3.05) is 12.4 Å². The molecule has 26 heavy (non-hydrogen) atoms. The Kier molecular flexibility index (Phi) is 5.38. The SMILES string of the molecule is COc1ccccc1-c1cc(NC(=O)C(C)Oc2cccnc2)ncn1. The van der Waals surface area contributed by atoms with Gasteiger partial charge >= 0.3 is 0 Å². The van der Waals surface area contributed by atoms with Gasteiger partial charge < -0.3 is 14.8 Å². The molecule has 0 fully saturated rings. The van der Waals surface area contributed by atoms with Crippen molar-refractivity contribution >= 4 is 11.7 Å². The molecule has 3 aromatic rings. The van der Waals surface area contributed by atoms with Crippen LogP contribution in [0.3, 0.4) is 0 Å². The van der Waals surface area contributed by atoms with Gasteiger partial charge in [-0.3, -0.25) is 9.78 Å². The summed E-state index contributed by atoms with van der Waals surface area (Å²) >= 11 is 0. The van der Waals surface area contributed by atoms with Gasteiger partial charge in [0.2, 0.25) is 0 Å². The highest BCUT2D eigenvalue weighted by atomic mass is 16.5. The Morgan fingerprint density at radius 2 is 2.00 bits per heavy atom. The van der Waals surface area contributed by atoms with E-state index in [0.29, 0.717) is 23.0 Å². The molecule has 0 aliphatic rings. The third-order valence-electron chi connectivity index (χ3n) is 3.62. The lowest BCUT2D eigenvalue weighted by atomic mass is 10.1. The zero-order valence-corrected chi connectivity index (χ0v) is 14.4. The molecule has 1 unspecified atom stereocenters. The Morgan fingerprint density at radius 3 is 2.77 bits per heavy atom. The fourth-order valence-corrected chi connectivity index (χ4v) is 2.33. The molecule has 7 nitrogen and oxygen atoms in total. The van der Waals surface area contributed by atoms with Crippen LogP contribution in [0.15, 0.2) is 61.2 Å². The smallest absolute Gasteiger partial charge is 0.266 e. The topological polar surface area (TPSA) is 86.2 Å². The molecule has 132 valence electrons. The zero-order valence-electron chi connectivity index (χ0n) is 14.4. The average molecular weight is 350 g/mol. The number of rotatable bonds is 6. The molecule has 2 aromatic heterocycles. The molecule has 1 amide bonds. The Balaban J connectivity index is 1.73. The Labute approximate surface area is 151 Å². The first-order valence-electron chi connectivity index (χ1n) is 8.00. The molecule has 7 heteroatoms. The fourth-order valence-electron chi connectivity index (χ4n) is 2.33. The number of benzene rings is 1. The van der Waals surface area contributed by atoms with E-state index < -0.39 is 6.10 Å². The minimum Gasteiger partial charge on any atom is -0.496 e. The second kappa shape index (κ2) is 8.06. The minimum atomic E-state index is -0.705. The summed E-state index contributed by atoms with van der Waals surface area (Å²) in [5, 5.41) is 2.73. The molecule has 2 heterocycles. The summed E-state index contributed by atoms with van der Waals surface area (Å²) in [6.45, 7) is 1.66. The first-order valence-corrected chi connectivity index (χ1v) is 8.00. The molecule has 0 spiro atoms. The van der Waals surface area contributed by atoms with Gasteiger partial charge in [-0.25, -0.2) is 9.97 Å². The first-order chi connectivity index (χ1) is 12.7. The number of carbonyl (C=O) groups is 1. The summed E-state index contributed by atoms with van der Waals surface area (Å²) in [6, 6.07) is 12.7. The summed E-state index contributed by atoms with van der Waals surface area (Å²) in [5.41, 5.74) is 1.46. The van der Waals surface area contributed by atoms with E-state index in [4.69, 9.17) is 9.47 Å². The standard InChI is InChI=1S/C19H18N4O3/c1-13(26-14-6-5-9-20-11-14)19(24)23-18-10-16(21-12-22-18)15-7-3-4-8-17(15)25-2/h3-13H,1-2H3,(H,21,22,23,24). The number of nitrogens with zero attached hydrogens (tertiary/aromatic N) is 3. The Morgan fingerprint density at radius 1 is 1.15 bits per heavy atom. The van der Waals surface area contributed by atoms with Crippen LogP contribution in [0.1, 0.15) is 6.92 Å². The van der Waals surface area contributed by atoms with Crippen LogP contribution in [0, 0.1) is 0 Å². The lowest BCUT2D eigenvalue weighted by Crippen LogP contribution is -2.30. The van der Waals surface area contributed by atoms with Crippen molar-refractivity contribution in [3.8, 4) is 22.8 Å². The molecular formula is C19H18N4O3. The lowest BCUT2D eigenvalue weighted by molar-refractivity contribution is -0.122. The van der Waals surface area contributed by atoms with Gasteiger partial charge in [0.05, 0.1) is 19.0 Å². The fraction of sp³-hybridized carbons (Fsp3) is 0.158. The normalized spacial score (nSPS) is 11.5. The second-order valence-electron chi connectivity index (χ2n) is 5.43. The lowest BCUT2D eigenvalue weighted by Gasteiger charge is -2.14. The van der Waals surface area contributed by atoms with Gasteiger partial charge in [0, 0.05) is 17.8 Å². The first kappa shape index (κ1) is 17.3. The predicted molar refractivity (Wildman–Crippen MR) is 97.0 cm³/mol. The van der Waals surface area contributed by atoms with E-state index in [1.54, 1.807) is 44.6 Å². The van der Waals surface area contributed by atoms with Gasteiger partial charge in [0.25, 0.3) is 5.91 Å². The summed E-state index contributed by atoms with van der Waals surface area (Å²) in [5.74, 6) is 1.27. The van der Waals surface area contributed by atoms with Crippen LogP contribution in [0.2, 0.25) is 0 Å². The number of anilines is 1. The molecule has 0 saturated heterocycles. The van der Waals surface area contributed by atoms with Crippen LogP contribution in [-0.2, 0) is 4.79 Å². The zero-order chi connectivity index (χ0) is 18.4. The van der Waals surface area contributed by atoms with Crippen LogP contribution in [0.5, 0.6) is 11.5 Å². The van der Waals surface area contributed by atoms with E-state index in [1.165, 1.54) is 6.33 Å². The highest BCUT2D eigenvalue weighted by molar-refractivity contribution is 5.93. The maximum absolute atomic E-state index is 12.3. The van der Waals surface area contributed by atoms with Gasteiger partial charge in [-0.1, -0.05) is 12.1 Å². The van der Waals surface area contributed by atoms with Crippen molar-refractivity contribution in [3.63, 3.8) is 0 Å². The second-order valence-corrected chi connectivity index (χ2v) is 5.43. The van der Waals surface area contributed by atoms with Crippen LogP contribution in [-0.4, -0.2) is 34.1 Å². The molecule has 1 aromatic carbocycles. The number of aromatic nitrogens is 3. The highest BCUT2D eigenvalue weighted by Crippen LogP contribution is 2.28. The number of ether oxygens (including phenoxy) is 2. The number of nitrogens with one attached hydrogen (secondary N) is 1. The molecule has 1 atom stereocenters. The molecule has 1 N–H and O–H groups in total. The average Bonchev–Trinajstić information content (AvgIpc) is 2.69. The van der Waals surface area contributed by atoms with E-state index >= 15 is 0 Å². The van der Waals surface area contributed by atoms with Crippen LogP contribution in [0.25, 0.3) is 11.3 Å². The number of hydrogen-bond donors (Lipinski definition) is 1. The number of pyridine rings is 1. The van der Waals surface area contributed by atoms with Crippen molar-refractivity contribution in [1.82, 2.24) is 15.0 Å². The van der Waals surface area contributed by atoms with Crippen molar-refractivity contribution in [1.29, 1.82) is 0 Å². The van der Waals surface area contributed by atoms with E-state index in [2.05, 4.69) is 20.3 Å². The number of methoxy groups -OCH3 is 1. The molecular weight excluding hydrogens is 332 g/mol. The molecule has 0 radical (unpaired) electrons. The monoisotopic (exact) mass is 350 g/mol. The molecule has 0 aliphatic carbocycles. The largest absolute Gasteiger partial charge is 0.496 e. The maximum atomic E-state index is 12.3. The van der Waals surface area contributed by atoms with Crippen LogP contribution in [0.4, 0.5) is 5.82 Å². The van der Waals surface area contributed by atoms with Crippen molar-refractivity contribution in [3.05, 3.63) is 61.2 Å². The molecule has 0 bridgehead atoms. The summed E-state index contributed by atoms with van der Waals surface area (Å²) < 4.78 is 10.9. The third kappa shape index (κ3) is 4.13. The number of para-hydroxylation sites is 1. The van der Waals surface area contributed by atoms with Crippen molar-refractivity contribution < 1.29 is 14.3 Å². The van der Waals surface area contributed by atoms with Crippen LogP contribution >= 0.6 is 0 Å². The summed E-state index contributed by atoms with van der Waals surface area (Å²) in [6.07, 6.45) is 3.87. The Bertz CT molecular complexity index is 887. The third-order valence-corrected chi connectivity index (χ3v) is 3.62. The minimum absolute atomic E-state index is 0.321. The molecule has 0 saturated carbocycles. The highest BCUT2D eigenvalue weighted by Gasteiger charge is 2.16. The quantitative estimate of drug-likeness (QED) is 0.735. The number of amides is 1.